The lowest BCUT2D eigenvalue weighted by Gasteiger charge is -2.32. The molecule has 0 aliphatic carbocycles. The summed E-state index contributed by atoms with van der Waals surface area (Å²) in [5.74, 6) is 1.46. The van der Waals surface area contributed by atoms with E-state index in [1.165, 1.54) is 0 Å². The second-order valence-corrected chi connectivity index (χ2v) is 6.93. The second kappa shape index (κ2) is 9.99. The van der Waals surface area contributed by atoms with Crippen molar-refractivity contribution in [2.75, 3.05) is 39.2 Å². The zero-order chi connectivity index (χ0) is 19.8. The molecule has 1 aliphatic heterocycles. The fourth-order valence-electron chi connectivity index (χ4n) is 3.48. The summed E-state index contributed by atoms with van der Waals surface area (Å²) in [5.41, 5.74) is 1.77. The van der Waals surface area contributed by atoms with Crippen molar-refractivity contribution in [3.8, 4) is 11.5 Å². The highest BCUT2D eigenvalue weighted by atomic mass is 16.5. The third kappa shape index (κ3) is 5.16. The van der Waals surface area contributed by atoms with Gasteiger partial charge in [0.2, 0.25) is 0 Å². The molecule has 6 nitrogen and oxygen atoms in total. The minimum atomic E-state index is -0.126. The molecule has 2 aromatic carbocycles. The van der Waals surface area contributed by atoms with Gasteiger partial charge in [0.25, 0.3) is 0 Å². The van der Waals surface area contributed by atoms with Gasteiger partial charge in [-0.25, -0.2) is 4.79 Å². The molecule has 28 heavy (non-hydrogen) atoms. The van der Waals surface area contributed by atoms with Crippen LogP contribution in [0.3, 0.4) is 0 Å². The molecular weight excluding hydrogens is 356 g/mol. The molecule has 0 aromatic heterocycles. The van der Waals surface area contributed by atoms with Crippen LogP contribution in [0, 0.1) is 5.92 Å². The van der Waals surface area contributed by atoms with Gasteiger partial charge in [0.1, 0.15) is 0 Å². The molecule has 0 radical (unpaired) electrons. The van der Waals surface area contributed by atoms with Crippen LogP contribution >= 0.6 is 0 Å². The second-order valence-electron chi connectivity index (χ2n) is 6.93. The van der Waals surface area contributed by atoms with E-state index in [-0.39, 0.29) is 6.03 Å². The Kier molecular flexibility index (Phi) is 7.14. The van der Waals surface area contributed by atoms with Gasteiger partial charge < -0.3 is 24.4 Å². The van der Waals surface area contributed by atoms with Gasteiger partial charge in [0.05, 0.1) is 33.1 Å². The van der Waals surface area contributed by atoms with E-state index < -0.39 is 0 Å². The highest BCUT2D eigenvalue weighted by Gasteiger charge is 2.25. The summed E-state index contributed by atoms with van der Waals surface area (Å²) >= 11 is 0. The van der Waals surface area contributed by atoms with Gasteiger partial charge in [-0.2, -0.15) is 0 Å². The maximum absolute atomic E-state index is 12.8. The summed E-state index contributed by atoms with van der Waals surface area (Å²) in [6.07, 6.45) is 2.04. The number of hydrogen-bond donors (Lipinski definition) is 1. The molecule has 0 bridgehead atoms. The number of amides is 2. The van der Waals surface area contributed by atoms with Crippen LogP contribution in [0.25, 0.3) is 0 Å². The molecule has 1 unspecified atom stereocenters. The topological polar surface area (TPSA) is 60.0 Å². The van der Waals surface area contributed by atoms with Gasteiger partial charge in [0, 0.05) is 19.0 Å². The highest BCUT2D eigenvalue weighted by molar-refractivity contribution is 5.91. The first-order chi connectivity index (χ1) is 13.7. The van der Waals surface area contributed by atoms with Crippen molar-refractivity contribution in [3.05, 3.63) is 54.1 Å². The molecule has 3 rings (SSSR count). The molecule has 1 fully saturated rings. The molecule has 1 atom stereocenters. The summed E-state index contributed by atoms with van der Waals surface area (Å²) in [5, 5.41) is 2.95. The average Bonchev–Trinajstić information content (AvgIpc) is 2.74. The van der Waals surface area contributed by atoms with Crippen LogP contribution < -0.4 is 14.8 Å². The normalized spacial score (nSPS) is 16.5. The number of benzene rings is 2. The molecule has 2 amide bonds. The van der Waals surface area contributed by atoms with Gasteiger partial charge in [-0.05, 0) is 30.5 Å². The zero-order valence-corrected chi connectivity index (χ0v) is 16.5. The molecule has 1 heterocycles. The quantitative estimate of drug-likeness (QED) is 0.779. The van der Waals surface area contributed by atoms with Gasteiger partial charge in [-0.1, -0.05) is 36.4 Å². The summed E-state index contributed by atoms with van der Waals surface area (Å²) in [7, 11) is 3.14. The fourth-order valence-corrected chi connectivity index (χ4v) is 3.48. The SMILES string of the molecule is COc1cccc(NC(=O)N2CCCC(COCc3ccccc3)C2)c1OC. The molecule has 1 saturated heterocycles. The van der Waals surface area contributed by atoms with Crippen molar-refractivity contribution < 1.29 is 19.0 Å². The van der Waals surface area contributed by atoms with Crippen molar-refractivity contribution in [2.24, 2.45) is 5.92 Å². The lowest BCUT2D eigenvalue weighted by molar-refractivity contribution is 0.0606. The Bertz CT molecular complexity index is 766. The lowest BCUT2D eigenvalue weighted by atomic mass is 9.99. The van der Waals surface area contributed by atoms with E-state index >= 15 is 0 Å². The first-order valence-electron chi connectivity index (χ1n) is 9.60. The number of nitrogens with zero attached hydrogens (tertiary/aromatic N) is 1. The number of rotatable bonds is 7. The summed E-state index contributed by atoms with van der Waals surface area (Å²) in [6, 6.07) is 15.4. The molecule has 2 aromatic rings. The maximum Gasteiger partial charge on any atom is 0.321 e. The number of anilines is 1. The van der Waals surface area contributed by atoms with E-state index in [4.69, 9.17) is 14.2 Å². The Hall–Kier alpha value is -2.73. The third-order valence-corrected chi connectivity index (χ3v) is 4.92. The van der Waals surface area contributed by atoms with Crippen LogP contribution in [0.2, 0.25) is 0 Å². The van der Waals surface area contributed by atoms with Crippen molar-refractivity contribution in [1.82, 2.24) is 4.90 Å². The molecular formula is C22H28N2O4. The minimum Gasteiger partial charge on any atom is -0.493 e. The Balaban J connectivity index is 1.53. The van der Waals surface area contributed by atoms with Gasteiger partial charge in [-0.15, -0.1) is 0 Å². The van der Waals surface area contributed by atoms with E-state index in [1.54, 1.807) is 20.3 Å². The number of para-hydroxylation sites is 1. The number of carbonyl (C=O) groups excluding carboxylic acids is 1. The Morgan fingerprint density at radius 2 is 1.93 bits per heavy atom. The van der Waals surface area contributed by atoms with E-state index in [0.29, 0.717) is 42.9 Å². The van der Waals surface area contributed by atoms with Crippen LogP contribution in [0.1, 0.15) is 18.4 Å². The summed E-state index contributed by atoms with van der Waals surface area (Å²) < 4.78 is 16.6. The standard InChI is InChI=1S/C22H28N2O4/c1-26-20-12-6-11-19(21(20)27-2)23-22(25)24-13-7-10-18(14-24)16-28-15-17-8-4-3-5-9-17/h3-6,8-9,11-12,18H,7,10,13-16H2,1-2H3,(H,23,25). The van der Waals surface area contributed by atoms with Gasteiger partial charge in [-0.3, -0.25) is 0 Å². The molecule has 1 N–H and O–H groups in total. The number of ether oxygens (including phenoxy) is 3. The smallest absolute Gasteiger partial charge is 0.321 e. The monoisotopic (exact) mass is 384 g/mol. The minimum absolute atomic E-state index is 0.126. The third-order valence-electron chi connectivity index (χ3n) is 4.92. The van der Waals surface area contributed by atoms with Crippen LogP contribution in [0.4, 0.5) is 10.5 Å². The highest BCUT2D eigenvalue weighted by Crippen LogP contribution is 2.35. The molecule has 150 valence electrons. The predicted octanol–water partition coefficient (Wildman–Crippen LogP) is 4.16. The van der Waals surface area contributed by atoms with Crippen molar-refractivity contribution in [1.29, 1.82) is 0 Å². The Labute approximate surface area is 166 Å². The molecule has 6 heteroatoms. The van der Waals surface area contributed by atoms with Crippen molar-refractivity contribution in [3.63, 3.8) is 0 Å². The largest absolute Gasteiger partial charge is 0.493 e. The van der Waals surface area contributed by atoms with Crippen molar-refractivity contribution >= 4 is 11.7 Å². The predicted molar refractivity (Wildman–Crippen MR) is 109 cm³/mol. The first-order valence-corrected chi connectivity index (χ1v) is 9.60. The molecule has 0 saturated carbocycles. The molecule has 1 aliphatic rings. The van der Waals surface area contributed by atoms with Gasteiger partial charge >= 0.3 is 6.03 Å². The number of likely N-dealkylation sites (tertiary alicyclic amines) is 1. The number of carbonyl (C=O) groups is 1. The van der Waals surface area contributed by atoms with Crippen molar-refractivity contribution in [2.45, 2.75) is 19.4 Å². The number of methoxy groups -OCH3 is 2. The van der Waals surface area contributed by atoms with Gasteiger partial charge in [0.15, 0.2) is 11.5 Å². The molecule has 0 spiro atoms. The summed E-state index contributed by atoms with van der Waals surface area (Å²) in [6.45, 7) is 2.69. The lowest BCUT2D eigenvalue weighted by Crippen LogP contribution is -2.43. The number of urea groups is 1. The Morgan fingerprint density at radius 3 is 2.68 bits per heavy atom. The number of piperidine rings is 1. The van der Waals surface area contributed by atoms with Crippen LogP contribution in [-0.2, 0) is 11.3 Å². The van der Waals surface area contributed by atoms with Crippen LogP contribution in [-0.4, -0.2) is 44.8 Å². The van der Waals surface area contributed by atoms with E-state index in [0.717, 1.165) is 24.9 Å². The fraction of sp³-hybridized carbons (Fsp3) is 0.409. The van der Waals surface area contributed by atoms with E-state index in [9.17, 15) is 4.79 Å². The maximum atomic E-state index is 12.8. The zero-order valence-electron chi connectivity index (χ0n) is 16.5. The number of nitrogens with one attached hydrogen (secondary N) is 1. The van der Waals surface area contributed by atoms with E-state index in [2.05, 4.69) is 17.4 Å². The number of hydrogen-bond acceptors (Lipinski definition) is 4. The van der Waals surface area contributed by atoms with Crippen LogP contribution in [0.15, 0.2) is 48.5 Å². The Morgan fingerprint density at radius 1 is 1.11 bits per heavy atom. The van der Waals surface area contributed by atoms with Crippen LogP contribution in [0.5, 0.6) is 11.5 Å². The summed E-state index contributed by atoms with van der Waals surface area (Å²) in [4.78, 5) is 14.6. The van der Waals surface area contributed by atoms with E-state index in [1.807, 2.05) is 35.2 Å². The first kappa shape index (κ1) is 20.0. The average molecular weight is 384 g/mol.